The second kappa shape index (κ2) is 9.40. The summed E-state index contributed by atoms with van der Waals surface area (Å²) in [5.41, 5.74) is 2.64. The Morgan fingerprint density at radius 3 is 2.51 bits per heavy atom. The monoisotopic (exact) mass is 478 g/mol. The number of halogens is 2. The Labute approximate surface area is 203 Å². The third-order valence-corrected chi connectivity index (χ3v) is 7.49. The molecule has 1 aliphatic heterocycles. The van der Waals surface area contributed by atoms with Crippen molar-refractivity contribution < 1.29 is 23.4 Å². The third kappa shape index (κ3) is 4.19. The molecular formula is C28H28F2N2O3. The molecule has 5 nitrogen and oxygen atoms in total. The number of aliphatic hydroxyl groups is 1. The van der Waals surface area contributed by atoms with Crippen molar-refractivity contribution >= 4 is 5.91 Å². The van der Waals surface area contributed by atoms with E-state index in [1.807, 2.05) is 24.3 Å². The van der Waals surface area contributed by atoms with E-state index in [4.69, 9.17) is 4.74 Å². The van der Waals surface area contributed by atoms with Gasteiger partial charge in [-0.25, -0.2) is 8.78 Å². The largest absolute Gasteiger partial charge is 0.496 e. The van der Waals surface area contributed by atoms with Gasteiger partial charge in [0.15, 0.2) is 11.6 Å². The number of piperidine rings is 1. The van der Waals surface area contributed by atoms with E-state index >= 15 is 0 Å². The summed E-state index contributed by atoms with van der Waals surface area (Å²) >= 11 is 0. The average molecular weight is 479 g/mol. The van der Waals surface area contributed by atoms with Gasteiger partial charge in [0.2, 0.25) is 0 Å². The fraction of sp³-hybridized carbons (Fsp3) is 0.321. The second-order valence-corrected chi connectivity index (χ2v) is 9.36. The minimum Gasteiger partial charge on any atom is -0.496 e. The van der Waals surface area contributed by atoms with Gasteiger partial charge in [-0.3, -0.25) is 9.69 Å². The first-order valence-corrected chi connectivity index (χ1v) is 11.8. The summed E-state index contributed by atoms with van der Waals surface area (Å²) in [6.07, 6.45) is 0.593. The molecule has 1 heterocycles. The number of amides is 1. The summed E-state index contributed by atoms with van der Waals surface area (Å²) in [4.78, 5) is 15.3. The van der Waals surface area contributed by atoms with Crippen LogP contribution in [0.25, 0.3) is 0 Å². The lowest BCUT2D eigenvalue weighted by atomic mass is 9.72. The minimum atomic E-state index is -0.849. The Bertz CT molecular complexity index is 1240. The van der Waals surface area contributed by atoms with E-state index in [1.54, 1.807) is 30.3 Å². The van der Waals surface area contributed by atoms with Crippen LogP contribution >= 0.6 is 0 Å². The topological polar surface area (TPSA) is 61.8 Å². The zero-order valence-electron chi connectivity index (χ0n) is 19.5. The lowest BCUT2D eigenvalue weighted by Gasteiger charge is -2.43. The van der Waals surface area contributed by atoms with Crippen molar-refractivity contribution in [2.45, 2.75) is 36.9 Å². The fourth-order valence-electron chi connectivity index (χ4n) is 5.65. The first-order valence-electron chi connectivity index (χ1n) is 11.8. The number of ether oxygens (including phenoxy) is 1. The molecule has 0 radical (unpaired) electrons. The molecule has 1 aliphatic carbocycles. The molecule has 35 heavy (non-hydrogen) atoms. The summed E-state index contributed by atoms with van der Waals surface area (Å²) in [5.74, 6) is -1.51. The number of aliphatic hydroxyl groups excluding tert-OH is 1. The molecule has 5 rings (SSSR count). The SMILES string of the molecule is COc1ccccc1C(=O)N[C@@H]1c2ccccc2C2(CCN(Cc3ccc(F)c(F)c3)CC2)[C@H]1O. The van der Waals surface area contributed by atoms with Crippen LogP contribution in [0.2, 0.25) is 0 Å². The molecular weight excluding hydrogens is 450 g/mol. The molecule has 3 aromatic carbocycles. The van der Waals surface area contributed by atoms with Crippen molar-refractivity contribution in [1.29, 1.82) is 0 Å². The van der Waals surface area contributed by atoms with Gasteiger partial charge >= 0.3 is 0 Å². The van der Waals surface area contributed by atoms with Gasteiger partial charge in [-0.1, -0.05) is 42.5 Å². The van der Waals surface area contributed by atoms with Crippen molar-refractivity contribution in [2.75, 3.05) is 20.2 Å². The Balaban J connectivity index is 1.35. The number of hydrogen-bond donors (Lipinski definition) is 2. The standard InChI is InChI=1S/C28H28F2N2O3/c1-35-24-9-5-3-7-20(24)27(34)31-25-19-6-2-4-8-21(19)28(26(25)33)12-14-32(15-13-28)17-18-10-11-22(29)23(30)16-18/h2-11,16,25-26,33H,12-15,17H2,1H3,(H,31,34)/t25-,26+/m1/s1. The molecule has 0 aromatic heterocycles. The third-order valence-electron chi connectivity index (χ3n) is 7.49. The molecule has 1 saturated heterocycles. The predicted molar refractivity (Wildman–Crippen MR) is 128 cm³/mol. The molecule has 182 valence electrons. The molecule has 1 fully saturated rings. The van der Waals surface area contributed by atoms with E-state index in [9.17, 15) is 18.7 Å². The maximum absolute atomic E-state index is 13.6. The number of hydrogen-bond acceptors (Lipinski definition) is 4. The number of likely N-dealkylation sites (tertiary alicyclic amines) is 1. The van der Waals surface area contributed by atoms with Gasteiger partial charge in [0.1, 0.15) is 5.75 Å². The number of carbonyl (C=O) groups is 1. The van der Waals surface area contributed by atoms with E-state index in [2.05, 4.69) is 10.2 Å². The smallest absolute Gasteiger partial charge is 0.255 e. The molecule has 0 unspecified atom stereocenters. The van der Waals surface area contributed by atoms with E-state index in [0.717, 1.165) is 17.2 Å². The van der Waals surface area contributed by atoms with Gasteiger partial charge in [0.05, 0.1) is 24.8 Å². The lowest BCUT2D eigenvalue weighted by Crippen LogP contribution is -2.49. The van der Waals surface area contributed by atoms with Gasteiger partial charge < -0.3 is 15.2 Å². The fourth-order valence-corrected chi connectivity index (χ4v) is 5.65. The Kier molecular flexibility index (Phi) is 6.30. The normalized spacial score (nSPS) is 21.0. The number of fused-ring (bicyclic) bond motifs is 2. The van der Waals surface area contributed by atoms with Crippen molar-refractivity contribution in [3.8, 4) is 5.75 Å². The number of nitrogens with zero attached hydrogens (tertiary/aromatic N) is 1. The number of benzene rings is 3. The van der Waals surface area contributed by atoms with E-state index in [-0.39, 0.29) is 5.91 Å². The number of rotatable bonds is 5. The zero-order valence-corrected chi connectivity index (χ0v) is 19.5. The van der Waals surface area contributed by atoms with Crippen molar-refractivity contribution in [1.82, 2.24) is 10.2 Å². The van der Waals surface area contributed by atoms with Crippen LogP contribution in [0.4, 0.5) is 8.78 Å². The van der Waals surface area contributed by atoms with Crippen LogP contribution in [0.15, 0.2) is 66.7 Å². The Morgan fingerprint density at radius 2 is 1.77 bits per heavy atom. The number of nitrogens with one attached hydrogen (secondary N) is 1. The number of carbonyl (C=O) groups excluding carboxylic acids is 1. The molecule has 0 saturated carbocycles. The van der Waals surface area contributed by atoms with Crippen molar-refractivity contribution in [3.05, 3.63) is 101 Å². The summed E-state index contributed by atoms with van der Waals surface area (Å²) < 4.78 is 32.3. The first-order chi connectivity index (χ1) is 16.9. The molecule has 0 bridgehead atoms. The minimum absolute atomic E-state index is 0.297. The molecule has 2 atom stereocenters. The van der Waals surface area contributed by atoms with Crippen LogP contribution in [-0.2, 0) is 12.0 Å². The molecule has 3 aromatic rings. The van der Waals surface area contributed by atoms with Crippen LogP contribution in [0.5, 0.6) is 5.75 Å². The van der Waals surface area contributed by atoms with Crippen LogP contribution in [0.1, 0.15) is 45.9 Å². The van der Waals surface area contributed by atoms with Crippen LogP contribution in [-0.4, -0.2) is 42.2 Å². The Hall–Kier alpha value is -3.29. The van der Waals surface area contributed by atoms with Crippen LogP contribution < -0.4 is 10.1 Å². The maximum Gasteiger partial charge on any atom is 0.255 e. The van der Waals surface area contributed by atoms with Crippen molar-refractivity contribution in [2.24, 2.45) is 0 Å². The zero-order chi connectivity index (χ0) is 24.6. The molecule has 1 spiro atoms. The molecule has 2 N–H and O–H groups in total. The molecule has 2 aliphatic rings. The Morgan fingerprint density at radius 1 is 1.06 bits per heavy atom. The summed E-state index contributed by atoms with van der Waals surface area (Å²) in [6, 6.07) is 18.4. The highest BCUT2D eigenvalue weighted by molar-refractivity contribution is 5.97. The molecule has 1 amide bonds. The van der Waals surface area contributed by atoms with Gasteiger partial charge in [-0.15, -0.1) is 0 Å². The number of para-hydroxylation sites is 1. The van der Waals surface area contributed by atoms with Gasteiger partial charge in [0, 0.05) is 12.0 Å². The maximum atomic E-state index is 13.6. The lowest BCUT2D eigenvalue weighted by molar-refractivity contribution is 0.0192. The molecule has 7 heteroatoms. The van der Waals surface area contributed by atoms with Crippen LogP contribution in [0, 0.1) is 11.6 Å². The summed E-state index contributed by atoms with van der Waals surface area (Å²) in [7, 11) is 1.52. The quantitative estimate of drug-likeness (QED) is 0.572. The van der Waals surface area contributed by atoms with Crippen LogP contribution in [0.3, 0.4) is 0 Å². The highest BCUT2D eigenvalue weighted by Gasteiger charge is 2.53. The average Bonchev–Trinajstić information content (AvgIpc) is 3.10. The van der Waals surface area contributed by atoms with Gasteiger partial charge in [-0.05, 0) is 66.9 Å². The van der Waals surface area contributed by atoms with E-state index in [0.29, 0.717) is 49.4 Å². The van der Waals surface area contributed by atoms with Crippen molar-refractivity contribution in [3.63, 3.8) is 0 Å². The van der Waals surface area contributed by atoms with E-state index in [1.165, 1.54) is 13.2 Å². The first kappa shape index (κ1) is 23.5. The second-order valence-electron chi connectivity index (χ2n) is 9.36. The van der Waals surface area contributed by atoms with E-state index < -0.39 is 29.2 Å². The highest BCUT2D eigenvalue weighted by Crippen LogP contribution is 2.51. The number of methoxy groups -OCH3 is 1. The summed E-state index contributed by atoms with van der Waals surface area (Å²) in [5, 5.41) is 14.6. The summed E-state index contributed by atoms with van der Waals surface area (Å²) in [6.45, 7) is 1.90. The van der Waals surface area contributed by atoms with Gasteiger partial charge in [-0.2, -0.15) is 0 Å². The highest BCUT2D eigenvalue weighted by atomic mass is 19.2. The van der Waals surface area contributed by atoms with Gasteiger partial charge in [0.25, 0.3) is 5.91 Å². The predicted octanol–water partition coefficient (Wildman–Crippen LogP) is 4.35.